The fourth-order valence-corrected chi connectivity index (χ4v) is 3.05. The van der Waals surface area contributed by atoms with E-state index in [0.717, 1.165) is 29.4 Å². The minimum absolute atomic E-state index is 0. The summed E-state index contributed by atoms with van der Waals surface area (Å²) in [7, 11) is 0. The van der Waals surface area contributed by atoms with Gasteiger partial charge < -0.3 is 20.3 Å². The number of rotatable bonds is 9. The molecule has 0 aliphatic rings. The van der Waals surface area contributed by atoms with Gasteiger partial charge in [0.05, 0.1) is 25.2 Å². The van der Waals surface area contributed by atoms with Crippen LogP contribution in [-0.2, 0) is 0 Å². The normalized spacial score (nSPS) is 14.6. The molecule has 0 fully saturated rings. The van der Waals surface area contributed by atoms with Crippen molar-refractivity contribution in [3.8, 4) is 0 Å². The fourth-order valence-electron chi connectivity index (χ4n) is 2.88. The highest BCUT2D eigenvalue weighted by Gasteiger charge is 2.14. The first-order valence-corrected chi connectivity index (χ1v) is 8.84. The molecule has 1 aromatic carbocycles. The molecule has 0 amide bonds. The molecule has 0 bridgehead atoms. The van der Waals surface area contributed by atoms with E-state index < -0.39 is 0 Å². The predicted octanol–water partition coefficient (Wildman–Crippen LogP) is 4.22. The second-order valence-corrected chi connectivity index (χ2v) is 6.69. The van der Waals surface area contributed by atoms with E-state index in [-0.39, 0.29) is 36.2 Å². The summed E-state index contributed by atoms with van der Waals surface area (Å²) in [4.78, 5) is 4.34. The summed E-state index contributed by atoms with van der Waals surface area (Å²) in [6, 6.07) is 7.88. The summed E-state index contributed by atoms with van der Waals surface area (Å²) in [5.74, 6) is 0. The Morgan fingerprint density at radius 2 is 2.08 bits per heavy atom. The van der Waals surface area contributed by atoms with Gasteiger partial charge in [-0.1, -0.05) is 11.6 Å². The van der Waals surface area contributed by atoms with Crippen molar-refractivity contribution in [1.82, 2.24) is 4.98 Å². The number of nitrogens with one attached hydrogen (secondary N) is 1. The number of likely N-dealkylation sites (N-methyl/N-ethyl adjacent to an activating group) is 1. The molecule has 0 radical (unpaired) electrons. The van der Waals surface area contributed by atoms with E-state index in [4.69, 9.17) is 16.7 Å². The van der Waals surface area contributed by atoms with Crippen LogP contribution < -0.4 is 5.32 Å². The Kier molecular flexibility index (Phi) is 8.89. The maximum atomic E-state index is 12.4. The van der Waals surface area contributed by atoms with E-state index in [2.05, 4.69) is 17.2 Å². The number of pyridine rings is 1. The third-order valence-electron chi connectivity index (χ3n) is 4.39. The lowest BCUT2D eigenvalue weighted by Crippen LogP contribution is -2.45. The van der Waals surface area contributed by atoms with E-state index in [1.54, 1.807) is 6.20 Å². The molecule has 2 atom stereocenters. The van der Waals surface area contributed by atoms with Crippen molar-refractivity contribution in [3.05, 3.63) is 40.7 Å². The number of nitrogens with zero attached hydrogens (tertiary/aromatic N) is 2. The monoisotopic (exact) mass is 387 g/mol. The zero-order valence-electron chi connectivity index (χ0n) is 14.7. The van der Waals surface area contributed by atoms with Crippen LogP contribution in [-0.4, -0.2) is 47.0 Å². The Bertz CT molecular complexity index is 672. The Morgan fingerprint density at radius 3 is 2.76 bits per heavy atom. The first-order chi connectivity index (χ1) is 11.5. The molecule has 0 aliphatic heterocycles. The molecular weight excluding hydrogens is 361 g/mol. The third-order valence-corrected chi connectivity index (χ3v) is 4.63. The van der Waals surface area contributed by atoms with Gasteiger partial charge in [-0.3, -0.25) is 4.98 Å². The highest BCUT2D eigenvalue weighted by atomic mass is 35.5. The molecular formula is C18H27Cl2N3O2. The van der Waals surface area contributed by atoms with Crippen molar-refractivity contribution in [3.63, 3.8) is 0 Å². The van der Waals surface area contributed by atoms with Gasteiger partial charge in [0.25, 0.3) is 0 Å². The average molecular weight is 388 g/mol. The highest BCUT2D eigenvalue weighted by Crippen LogP contribution is 2.25. The molecule has 25 heavy (non-hydrogen) atoms. The Hall–Kier alpha value is -1.11. The molecule has 2 N–H and O–H groups in total. The third kappa shape index (κ3) is 6.28. The van der Waals surface area contributed by atoms with Gasteiger partial charge in [-0.2, -0.15) is 0 Å². The number of hydroxylamine groups is 3. The number of aliphatic hydroxyl groups is 1. The van der Waals surface area contributed by atoms with Crippen LogP contribution in [0.4, 0.5) is 5.69 Å². The number of anilines is 1. The van der Waals surface area contributed by atoms with Crippen LogP contribution in [0.5, 0.6) is 0 Å². The number of quaternary nitrogens is 1. The van der Waals surface area contributed by atoms with Crippen LogP contribution in [0.3, 0.4) is 0 Å². The number of aliphatic hydroxyl groups excluding tert-OH is 1. The molecule has 1 heterocycles. The topological polar surface area (TPSA) is 68.2 Å². The van der Waals surface area contributed by atoms with Crippen LogP contribution in [0.2, 0.25) is 5.02 Å². The number of benzene rings is 1. The standard InChI is InChI=1S/C18H26ClN3O2.ClH/c1-3-22(24,11-12-23)10-4-5-14(2)21-17-8-9-20-18-13-15(19)6-7-16(17)18;/h6-9,13-14,23H,3-5,10-12H2,1-2H3,(H,20,21);1H. The quantitative estimate of drug-likeness (QED) is 0.499. The van der Waals surface area contributed by atoms with E-state index in [1.807, 2.05) is 31.2 Å². The van der Waals surface area contributed by atoms with Gasteiger partial charge in [-0.15, -0.1) is 12.4 Å². The summed E-state index contributed by atoms with van der Waals surface area (Å²) in [5.41, 5.74) is 1.89. The van der Waals surface area contributed by atoms with Gasteiger partial charge in [0.2, 0.25) is 0 Å². The van der Waals surface area contributed by atoms with Crippen molar-refractivity contribution in [2.24, 2.45) is 0 Å². The highest BCUT2D eigenvalue weighted by molar-refractivity contribution is 6.31. The smallest absolute Gasteiger partial charge is 0.102 e. The van der Waals surface area contributed by atoms with Crippen molar-refractivity contribution in [1.29, 1.82) is 0 Å². The Morgan fingerprint density at radius 1 is 1.32 bits per heavy atom. The molecule has 2 unspecified atom stereocenters. The fraction of sp³-hybridized carbons (Fsp3) is 0.500. The second-order valence-electron chi connectivity index (χ2n) is 6.25. The number of fused-ring (bicyclic) bond motifs is 1. The predicted molar refractivity (Wildman–Crippen MR) is 107 cm³/mol. The Labute approximate surface area is 160 Å². The summed E-state index contributed by atoms with van der Waals surface area (Å²) in [6.07, 6.45) is 3.48. The lowest BCUT2D eigenvalue weighted by atomic mass is 10.1. The number of hydrogen-bond donors (Lipinski definition) is 2. The molecule has 7 heteroatoms. The van der Waals surface area contributed by atoms with E-state index in [0.29, 0.717) is 18.1 Å². The van der Waals surface area contributed by atoms with Crippen LogP contribution in [0.15, 0.2) is 30.5 Å². The molecule has 0 aliphatic carbocycles. The van der Waals surface area contributed by atoms with Crippen molar-refractivity contribution in [2.45, 2.75) is 32.7 Å². The minimum Gasteiger partial charge on any atom is -0.633 e. The van der Waals surface area contributed by atoms with Crippen molar-refractivity contribution >= 4 is 40.6 Å². The number of halogens is 2. The summed E-state index contributed by atoms with van der Waals surface area (Å²) in [6.45, 7) is 5.23. The Balaban J connectivity index is 0.00000312. The largest absolute Gasteiger partial charge is 0.633 e. The number of aromatic nitrogens is 1. The SMILES string of the molecule is CC[N+]([O-])(CCO)CCCC(C)Nc1ccnc2cc(Cl)ccc12.Cl. The van der Waals surface area contributed by atoms with Gasteiger partial charge in [0, 0.05) is 28.3 Å². The van der Waals surface area contributed by atoms with Crippen molar-refractivity contribution < 1.29 is 9.75 Å². The molecule has 140 valence electrons. The lowest BCUT2D eigenvalue weighted by Gasteiger charge is -2.41. The van der Waals surface area contributed by atoms with E-state index >= 15 is 0 Å². The molecule has 2 rings (SSSR count). The second kappa shape index (κ2) is 10.1. The first-order valence-electron chi connectivity index (χ1n) is 8.46. The number of hydrogen-bond acceptors (Lipinski definition) is 4. The zero-order valence-corrected chi connectivity index (χ0v) is 16.3. The van der Waals surface area contributed by atoms with Crippen LogP contribution >= 0.6 is 24.0 Å². The molecule has 0 saturated carbocycles. The lowest BCUT2D eigenvalue weighted by molar-refractivity contribution is -0.879. The van der Waals surface area contributed by atoms with Gasteiger partial charge in [-0.05, 0) is 51.0 Å². The van der Waals surface area contributed by atoms with E-state index in [1.165, 1.54) is 0 Å². The van der Waals surface area contributed by atoms with E-state index in [9.17, 15) is 5.21 Å². The van der Waals surface area contributed by atoms with Crippen LogP contribution in [0, 0.1) is 5.21 Å². The molecule has 1 aromatic heterocycles. The van der Waals surface area contributed by atoms with Gasteiger partial charge in [0.15, 0.2) is 0 Å². The molecule has 0 spiro atoms. The summed E-state index contributed by atoms with van der Waals surface area (Å²) < 4.78 is -0.320. The molecule has 5 nitrogen and oxygen atoms in total. The van der Waals surface area contributed by atoms with Gasteiger partial charge in [-0.25, -0.2) is 0 Å². The van der Waals surface area contributed by atoms with Gasteiger partial charge >= 0.3 is 0 Å². The summed E-state index contributed by atoms with van der Waals surface area (Å²) >= 11 is 6.02. The van der Waals surface area contributed by atoms with Crippen LogP contribution in [0.25, 0.3) is 10.9 Å². The molecule has 2 aromatic rings. The first kappa shape index (κ1) is 21.9. The summed E-state index contributed by atoms with van der Waals surface area (Å²) in [5, 5.41) is 26.6. The van der Waals surface area contributed by atoms with Crippen LogP contribution in [0.1, 0.15) is 26.7 Å². The maximum Gasteiger partial charge on any atom is 0.102 e. The molecule has 0 saturated heterocycles. The van der Waals surface area contributed by atoms with Crippen molar-refractivity contribution in [2.75, 3.05) is 31.6 Å². The average Bonchev–Trinajstić information content (AvgIpc) is 2.55. The zero-order chi connectivity index (χ0) is 17.6. The maximum absolute atomic E-state index is 12.4. The minimum atomic E-state index is -0.320. The van der Waals surface area contributed by atoms with Gasteiger partial charge in [0.1, 0.15) is 6.54 Å².